The van der Waals surface area contributed by atoms with Crippen LogP contribution in [0.4, 0.5) is 0 Å². The Bertz CT molecular complexity index is 393. The highest BCUT2D eigenvalue weighted by molar-refractivity contribution is 5.80. The van der Waals surface area contributed by atoms with Crippen LogP contribution in [0.2, 0.25) is 0 Å². The predicted octanol–water partition coefficient (Wildman–Crippen LogP) is 1.52. The van der Waals surface area contributed by atoms with E-state index in [1.807, 2.05) is 0 Å². The topological polar surface area (TPSA) is 51.0 Å². The first-order valence-electron chi connectivity index (χ1n) is 4.23. The summed E-state index contributed by atoms with van der Waals surface area (Å²) in [5, 5.41) is 11.3. The van der Waals surface area contributed by atoms with Gasteiger partial charge in [-0.05, 0) is 18.2 Å². The Balaban J connectivity index is 2.94. The molecule has 1 aromatic carbocycles. The van der Waals surface area contributed by atoms with Crippen LogP contribution in [0.25, 0.3) is 0 Å². The van der Waals surface area contributed by atoms with E-state index >= 15 is 0 Å². The quantitative estimate of drug-likeness (QED) is 0.351. The van der Waals surface area contributed by atoms with E-state index in [1.165, 1.54) is 13.3 Å². The van der Waals surface area contributed by atoms with Gasteiger partial charge in [0.2, 0.25) is 0 Å². The maximum absolute atomic E-state index is 8.36. The summed E-state index contributed by atoms with van der Waals surface area (Å²) in [4.78, 5) is 0. The van der Waals surface area contributed by atoms with Crippen LogP contribution in [0.1, 0.15) is 5.56 Å². The zero-order chi connectivity index (χ0) is 11.1. The van der Waals surface area contributed by atoms with Crippen molar-refractivity contribution in [1.29, 1.82) is 0 Å². The van der Waals surface area contributed by atoms with E-state index in [0.717, 1.165) is 0 Å². The van der Waals surface area contributed by atoms with Crippen molar-refractivity contribution in [2.24, 2.45) is 5.16 Å². The number of hydrogen-bond donors (Lipinski definition) is 1. The Morgan fingerprint density at radius 3 is 2.93 bits per heavy atom. The fourth-order valence-corrected chi connectivity index (χ4v) is 1.07. The summed E-state index contributed by atoms with van der Waals surface area (Å²) in [6.45, 7) is 0.184. The summed E-state index contributed by atoms with van der Waals surface area (Å²) in [7, 11) is 1.53. The van der Waals surface area contributed by atoms with Gasteiger partial charge in [-0.2, -0.15) is 0 Å². The zero-order valence-electron chi connectivity index (χ0n) is 8.30. The van der Waals surface area contributed by atoms with Gasteiger partial charge in [0.1, 0.15) is 6.61 Å². The molecule has 0 fully saturated rings. The van der Waals surface area contributed by atoms with Gasteiger partial charge in [0.25, 0.3) is 0 Å². The molecule has 0 aromatic heterocycles. The summed E-state index contributed by atoms with van der Waals surface area (Å²) in [6, 6.07) is 5.12. The summed E-state index contributed by atoms with van der Waals surface area (Å²) in [6.07, 6.45) is 6.37. The molecular formula is C11H11NO3. The highest BCUT2D eigenvalue weighted by Crippen LogP contribution is 2.27. The van der Waals surface area contributed by atoms with Gasteiger partial charge < -0.3 is 14.7 Å². The number of ether oxygens (including phenoxy) is 2. The van der Waals surface area contributed by atoms with E-state index < -0.39 is 0 Å². The van der Waals surface area contributed by atoms with Gasteiger partial charge in [0, 0.05) is 5.56 Å². The van der Waals surface area contributed by atoms with Gasteiger partial charge in [-0.1, -0.05) is 11.1 Å². The molecule has 0 aliphatic rings. The first kappa shape index (κ1) is 10.9. The second-order valence-corrected chi connectivity index (χ2v) is 2.65. The highest BCUT2D eigenvalue weighted by Gasteiger charge is 2.04. The van der Waals surface area contributed by atoms with Crippen LogP contribution >= 0.6 is 0 Å². The van der Waals surface area contributed by atoms with Crippen molar-refractivity contribution in [3.05, 3.63) is 23.8 Å². The number of rotatable bonds is 4. The van der Waals surface area contributed by atoms with Crippen molar-refractivity contribution in [1.82, 2.24) is 0 Å². The van der Waals surface area contributed by atoms with Crippen LogP contribution in [-0.2, 0) is 0 Å². The molecule has 4 heteroatoms. The fourth-order valence-electron chi connectivity index (χ4n) is 1.07. The number of hydrogen-bond acceptors (Lipinski definition) is 4. The minimum atomic E-state index is 0.184. The van der Waals surface area contributed by atoms with Crippen molar-refractivity contribution in [3.8, 4) is 23.8 Å². The van der Waals surface area contributed by atoms with Crippen molar-refractivity contribution >= 4 is 6.21 Å². The molecule has 0 saturated carbocycles. The van der Waals surface area contributed by atoms with Crippen molar-refractivity contribution in [2.45, 2.75) is 0 Å². The molecule has 0 saturated heterocycles. The summed E-state index contributed by atoms with van der Waals surface area (Å²) >= 11 is 0. The molecule has 1 N–H and O–H groups in total. The molecule has 0 unspecified atom stereocenters. The Labute approximate surface area is 88.1 Å². The molecule has 4 nitrogen and oxygen atoms in total. The lowest BCUT2D eigenvalue weighted by Gasteiger charge is -2.08. The van der Waals surface area contributed by atoms with Gasteiger partial charge in [-0.3, -0.25) is 0 Å². The number of terminal acetylenes is 1. The van der Waals surface area contributed by atoms with E-state index in [1.54, 1.807) is 18.2 Å². The number of methoxy groups -OCH3 is 1. The normalized spacial score (nSPS) is 9.87. The lowest BCUT2D eigenvalue weighted by Crippen LogP contribution is -1.97. The third-order valence-electron chi connectivity index (χ3n) is 1.71. The van der Waals surface area contributed by atoms with Crippen LogP contribution in [0.5, 0.6) is 11.5 Å². The molecule has 0 atom stereocenters. The molecule has 0 aliphatic carbocycles. The van der Waals surface area contributed by atoms with E-state index in [2.05, 4.69) is 11.1 Å². The van der Waals surface area contributed by atoms with Gasteiger partial charge >= 0.3 is 0 Å². The standard InChI is InChI=1S/C11H11NO3/c1-3-6-15-10-5-4-9(8-12-13)7-11(10)14-2/h1,4-5,7-8,13H,6H2,2H3. The van der Waals surface area contributed by atoms with Crippen LogP contribution in [0.15, 0.2) is 23.4 Å². The fraction of sp³-hybridized carbons (Fsp3) is 0.182. The molecule has 1 aromatic rings. The van der Waals surface area contributed by atoms with Gasteiger partial charge in [-0.15, -0.1) is 6.42 Å². The third-order valence-corrected chi connectivity index (χ3v) is 1.71. The molecule has 0 radical (unpaired) electrons. The Morgan fingerprint density at radius 2 is 2.33 bits per heavy atom. The van der Waals surface area contributed by atoms with Crippen LogP contribution < -0.4 is 9.47 Å². The third kappa shape index (κ3) is 2.92. The molecule has 0 aliphatic heterocycles. The number of oxime groups is 1. The SMILES string of the molecule is C#CCOc1ccc(C=NO)cc1OC. The molecule has 78 valence electrons. The number of nitrogens with zero attached hydrogens (tertiary/aromatic N) is 1. The van der Waals surface area contributed by atoms with E-state index in [-0.39, 0.29) is 6.61 Å². The van der Waals surface area contributed by atoms with Crippen LogP contribution in [0, 0.1) is 12.3 Å². The second kappa shape index (κ2) is 5.55. The molecular weight excluding hydrogens is 194 g/mol. The van der Waals surface area contributed by atoms with Crippen molar-refractivity contribution < 1.29 is 14.7 Å². The molecule has 15 heavy (non-hydrogen) atoms. The van der Waals surface area contributed by atoms with E-state index in [4.69, 9.17) is 21.1 Å². The Hall–Kier alpha value is -2.15. The van der Waals surface area contributed by atoms with E-state index in [0.29, 0.717) is 17.1 Å². The summed E-state index contributed by atoms with van der Waals surface area (Å²) < 4.78 is 10.3. The van der Waals surface area contributed by atoms with Crippen molar-refractivity contribution in [2.75, 3.05) is 13.7 Å². The van der Waals surface area contributed by atoms with Gasteiger partial charge in [0.15, 0.2) is 11.5 Å². The smallest absolute Gasteiger partial charge is 0.162 e. The summed E-state index contributed by atoms with van der Waals surface area (Å²) in [5.41, 5.74) is 0.711. The first-order chi connectivity index (χ1) is 7.31. The van der Waals surface area contributed by atoms with E-state index in [9.17, 15) is 0 Å². The molecule has 0 spiro atoms. The first-order valence-corrected chi connectivity index (χ1v) is 4.23. The lowest BCUT2D eigenvalue weighted by atomic mass is 10.2. The predicted molar refractivity (Wildman–Crippen MR) is 56.7 cm³/mol. The molecule has 0 bridgehead atoms. The maximum Gasteiger partial charge on any atom is 0.162 e. The minimum Gasteiger partial charge on any atom is -0.493 e. The molecule has 0 heterocycles. The van der Waals surface area contributed by atoms with Crippen LogP contribution in [-0.4, -0.2) is 25.1 Å². The highest BCUT2D eigenvalue weighted by atomic mass is 16.5. The number of benzene rings is 1. The molecule has 1 rings (SSSR count). The zero-order valence-corrected chi connectivity index (χ0v) is 8.30. The van der Waals surface area contributed by atoms with Crippen molar-refractivity contribution in [3.63, 3.8) is 0 Å². The van der Waals surface area contributed by atoms with Gasteiger partial charge in [0.05, 0.1) is 13.3 Å². The average molecular weight is 205 g/mol. The largest absolute Gasteiger partial charge is 0.493 e. The maximum atomic E-state index is 8.36. The lowest BCUT2D eigenvalue weighted by molar-refractivity contribution is 0.321. The van der Waals surface area contributed by atoms with Crippen LogP contribution in [0.3, 0.4) is 0 Å². The Kier molecular flexibility index (Phi) is 4.05. The molecule has 0 amide bonds. The summed E-state index contributed by atoms with van der Waals surface area (Å²) in [5.74, 6) is 3.47. The second-order valence-electron chi connectivity index (χ2n) is 2.65. The monoisotopic (exact) mass is 205 g/mol. The Morgan fingerprint density at radius 1 is 1.53 bits per heavy atom. The van der Waals surface area contributed by atoms with Gasteiger partial charge in [-0.25, -0.2) is 0 Å². The minimum absolute atomic E-state index is 0.184. The average Bonchev–Trinajstić information content (AvgIpc) is 2.27.